The molecule has 32 heavy (non-hydrogen) atoms. The number of methoxy groups -OCH3 is 2. The lowest BCUT2D eigenvalue weighted by atomic mass is 10.2. The second-order valence-corrected chi connectivity index (χ2v) is 8.48. The van der Waals surface area contributed by atoms with E-state index in [0.29, 0.717) is 27.6 Å². The highest BCUT2D eigenvalue weighted by Crippen LogP contribution is 2.32. The second-order valence-electron chi connectivity index (χ2n) is 6.68. The van der Waals surface area contributed by atoms with E-state index in [9.17, 15) is 4.79 Å². The maximum atomic E-state index is 12.4. The third-order valence-corrected chi connectivity index (χ3v) is 6.41. The van der Waals surface area contributed by atoms with Gasteiger partial charge in [-0.15, -0.1) is 21.5 Å². The lowest BCUT2D eigenvalue weighted by molar-refractivity contribution is -0.113. The summed E-state index contributed by atoms with van der Waals surface area (Å²) in [5, 5.41) is 14.5. The van der Waals surface area contributed by atoms with Gasteiger partial charge in [0.05, 0.1) is 25.7 Å². The second kappa shape index (κ2) is 9.84. The molecule has 1 amide bonds. The fourth-order valence-electron chi connectivity index (χ4n) is 3.03. The van der Waals surface area contributed by atoms with Crippen LogP contribution in [-0.2, 0) is 11.8 Å². The smallest absolute Gasteiger partial charge is 0.236 e. The molecule has 0 radical (unpaired) electrons. The van der Waals surface area contributed by atoms with E-state index in [4.69, 9.17) is 9.47 Å². The van der Waals surface area contributed by atoms with Gasteiger partial charge in [0, 0.05) is 23.6 Å². The molecule has 0 atom stereocenters. The van der Waals surface area contributed by atoms with E-state index in [1.807, 2.05) is 65.5 Å². The van der Waals surface area contributed by atoms with Crippen LogP contribution in [0.1, 0.15) is 0 Å². The zero-order chi connectivity index (χ0) is 22.5. The van der Waals surface area contributed by atoms with Gasteiger partial charge < -0.3 is 19.4 Å². The van der Waals surface area contributed by atoms with E-state index >= 15 is 0 Å². The number of carbonyl (C=O) groups excluding carboxylic acids is 1. The standard InChI is InChI=1S/C22H21N5O3S2/c1-27-20(15-9-10-17(29-2)18(11-15)30-3)25-26-22(27)32-13-19(28)24-21-23-16(12-31-21)14-7-5-4-6-8-14/h4-12H,13H2,1-3H3,(H,23,24,28). The summed E-state index contributed by atoms with van der Waals surface area (Å²) in [7, 11) is 5.04. The molecule has 4 aromatic rings. The number of anilines is 1. The number of hydrogen-bond acceptors (Lipinski definition) is 8. The number of nitrogens with zero attached hydrogens (tertiary/aromatic N) is 4. The lowest BCUT2D eigenvalue weighted by Crippen LogP contribution is -2.14. The average Bonchev–Trinajstić information content (AvgIpc) is 3.44. The van der Waals surface area contributed by atoms with Gasteiger partial charge in [-0.05, 0) is 18.2 Å². The zero-order valence-corrected chi connectivity index (χ0v) is 19.4. The van der Waals surface area contributed by atoms with Crippen molar-refractivity contribution in [1.29, 1.82) is 0 Å². The topological polar surface area (TPSA) is 91.2 Å². The largest absolute Gasteiger partial charge is 0.493 e. The summed E-state index contributed by atoms with van der Waals surface area (Å²) in [6.07, 6.45) is 0. The van der Waals surface area contributed by atoms with Crippen LogP contribution in [0.4, 0.5) is 5.13 Å². The van der Waals surface area contributed by atoms with Crippen molar-refractivity contribution < 1.29 is 14.3 Å². The zero-order valence-electron chi connectivity index (χ0n) is 17.7. The Morgan fingerprint density at radius 3 is 2.59 bits per heavy atom. The van der Waals surface area contributed by atoms with Crippen LogP contribution in [0.2, 0.25) is 0 Å². The highest BCUT2D eigenvalue weighted by Gasteiger charge is 2.16. The maximum Gasteiger partial charge on any atom is 0.236 e. The van der Waals surface area contributed by atoms with Crippen LogP contribution in [0.15, 0.2) is 59.1 Å². The fraction of sp³-hybridized carbons (Fsp3) is 0.182. The lowest BCUT2D eigenvalue weighted by Gasteiger charge is -2.09. The number of thiazole rings is 1. The van der Waals surface area contributed by atoms with Gasteiger partial charge in [-0.2, -0.15) is 0 Å². The van der Waals surface area contributed by atoms with Gasteiger partial charge in [0.2, 0.25) is 5.91 Å². The summed E-state index contributed by atoms with van der Waals surface area (Å²) in [5.74, 6) is 1.96. The summed E-state index contributed by atoms with van der Waals surface area (Å²) in [6, 6.07) is 15.4. The number of thioether (sulfide) groups is 1. The summed E-state index contributed by atoms with van der Waals surface area (Å²) < 4.78 is 12.5. The number of rotatable bonds is 8. The molecule has 0 aliphatic carbocycles. The van der Waals surface area contributed by atoms with Gasteiger partial charge in [-0.25, -0.2) is 4.98 Å². The Balaban J connectivity index is 1.39. The molecule has 0 bridgehead atoms. The molecular weight excluding hydrogens is 446 g/mol. The predicted molar refractivity (Wildman–Crippen MR) is 126 cm³/mol. The van der Waals surface area contributed by atoms with Crippen LogP contribution >= 0.6 is 23.1 Å². The van der Waals surface area contributed by atoms with Crippen LogP contribution in [0.25, 0.3) is 22.6 Å². The molecule has 0 aliphatic rings. The van der Waals surface area contributed by atoms with Crippen LogP contribution < -0.4 is 14.8 Å². The van der Waals surface area contributed by atoms with E-state index < -0.39 is 0 Å². The Hall–Kier alpha value is -3.37. The van der Waals surface area contributed by atoms with Crippen molar-refractivity contribution in [2.75, 3.05) is 25.3 Å². The Bertz CT molecular complexity index is 1220. The highest BCUT2D eigenvalue weighted by atomic mass is 32.2. The van der Waals surface area contributed by atoms with Gasteiger partial charge in [0.25, 0.3) is 0 Å². The SMILES string of the molecule is COc1ccc(-c2nnc(SCC(=O)Nc3nc(-c4ccccc4)cs3)n2C)cc1OC. The number of ether oxygens (including phenoxy) is 2. The molecule has 0 spiro atoms. The number of benzene rings is 2. The molecule has 10 heteroatoms. The Kier molecular flexibility index (Phi) is 6.72. The number of hydrogen-bond donors (Lipinski definition) is 1. The molecular formula is C22H21N5O3S2. The minimum absolute atomic E-state index is 0.153. The molecule has 8 nitrogen and oxygen atoms in total. The van der Waals surface area contributed by atoms with Gasteiger partial charge in [-0.1, -0.05) is 42.1 Å². The fourth-order valence-corrected chi connectivity index (χ4v) is 4.47. The normalized spacial score (nSPS) is 10.7. The van der Waals surface area contributed by atoms with Crippen molar-refractivity contribution in [3.8, 4) is 34.1 Å². The first kappa shape index (κ1) is 21.8. The van der Waals surface area contributed by atoms with Crippen molar-refractivity contribution >= 4 is 34.1 Å². The van der Waals surface area contributed by atoms with Crippen molar-refractivity contribution in [2.45, 2.75) is 5.16 Å². The van der Waals surface area contributed by atoms with E-state index in [1.54, 1.807) is 14.2 Å². The Morgan fingerprint density at radius 1 is 1.06 bits per heavy atom. The van der Waals surface area contributed by atoms with E-state index in [2.05, 4.69) is 20.5 Å². The molecule has 0 fully saturated rings. The molecule has 2 aromatic carbocycles. The summed E-state index contributed by atoms with van der Waals surface area (Å²) in [6.45, 7) is 0. The van der Waals surface area contributed by atoms with Crippen LogP contribution in [0, 0.1) is 0 Å². The van der Waals surface area contributed by atoms with Crippen LogP contribution in [-0.4, -0.2) is 45.6 Å². The van der Waals surface area contributed by atoms with Gasteiger partial charge in [-0.3, -0.25) is 4.79 Å². The monoisotopic (exact) mass is 467 g/mol. The number of nitrogens with one attached hydrogen (secondary N) is 1. The molecule has 4 rings (SSSR count). The first-order valence-corrected chi connectivity index (χ1v) is 11.5. The van der Waals surface area contributed by atoms with Crippen LogP contribution in [0.5, 0.6) is 11.5 Å². The summed E-state index contributed by atoms with van der Waals surface area (Å²) in [4.78, 5) is 16.9. The maximum absolute atomic E-state index is 12.4. The first-order chi connectivity index (χ1) is 15.6. The molecule has 2 heterocycles. The molecule has 0 aliphatic heterocycles. The molecule has 1 N–H and O–H groups in total. The number of carbonyl (C=O) groups is 1. The van der Waals surface area contributed by atoms with Crippen LogP contribution in [0.3, 0.4) is 0 Å². The quantitative estimate of drug-likeness (QED) is 0.385. The summed E-state index contributed by atoms with van der Waals surface area (Å²) in [5.41, 5.74) is 2.69. The molecule has 0 saturated carbocycles. The van der Waals surface area contributed by atoms with Gasteiger partial charge in [0.1, 0.15) is 0 Å². The first-order valence-electron chi connectivity index (χ1n) is 9.64. The van der Waals surface area contributed by atoms with Gasteiger partial charge in [0.15, 0.2) is 27.6 Å². The minimum Gasteiger partial charge on any atom is -0.493 e. The Labute approximate surface area is 193 Å². The summed E-state index contributed by atoms with van der Waals surface area (Å²) >= 11 is 2.71. The third kappa shape index (κ3) is 4.76. The molecule has 0 saturated heterocycles. The molecule has 164 valence electrons. The van der Waals surface area contributed by atoms with Crippen molar-refractivity contribution in [3.05, 3.63) is 53.9 Å². The van der Waals surface area contributed by atoms with E-state index in [1.165, 1.54) is 23.1 Å². The van der Waals surface area contributed by atoms with E-state index in [-0.39, 0.29) is 11.7 Å². The van der Waals surface area contributed by atoms with E-state index in [0.717, 1.165) is 16.8 Å². The highest BCUT2D eigenvalue weighted by molar-refractivity contribution is 7.99. The average molecular weight is 468 g/mol. The minimum atomic E-state index is -0.153. The Morgan fingerprint density at radius 2 is 1.84 bits per heavy atom. The van der Waals surface area contributed by atoms with Gasteiger partial charge >= 0.3 is 0 Å². The van der Waals surface area contributed by atoms with Crippen molar-refractivity contribution in [1.82, 2.24) is 19.7 Å². The molecule has 2 aromatic heterocycles. The number of amides is 1. The van der Waals surface area contributed by atoms with Crippen molar-refractivity contribution in [2.24, 2.45) is 7.05 Å². The predicted octanol–water partition coefficient (Wildman–Crippen LogP) is 4.35. The molecule has 0 unspecified atom stereocenters. The third-order valence-electron chi connectivity index (χ3n) is 4.63. The number of aromatic nitrogens is 4. The van der Waals surface area contributed by atoms with Crippen molar-refractivity contribution in [3.63, 3.8) is 0 Å².